The van der Waals surface area contributed by atoms with Gasteiger partial charge in [-0.2, -0.15) is 4.98 Å². The summed E-state index contributed by atoms with van der Waals surface area (Å²) in [6, 6.07) is 9.49. The molecule has 1 amide bonds. The van der Waals surface area contributed by atoms with Crippen LogP contribution >= 0.6 is 0 Å². The molecular weight excluding hydrogens is 314 g/mol. The van der Waals surface area contributed by atoms with Crippen molar-refractivity contribution in [3.05, 3.63) is 36.0 Å². The third-order valence-electron chi connectivity index (χ3n) is 3.57. The molecule has 1 aromatic carbocycles. The first-order valence-electron chi connectivity index (χ1n) is 8.77. The summed E-state index contributed by atoms with van der Waals surface area (Å²) in [6.07, 6.45) is 2.11. The zero-order valence-corrected chi connectivity index (χ0v) is 15.5. The molecule has 6 nitrogen and oxygen atoms in total. The first-order chi connectivity index (χ1) is 12.0. The third kappa shape index (κ3) is 5.74. The van der Waals surface area contributed by atoms with Crippen molar-refractivity contribution < 1.29 is 4.79 Å². The van der Waals surface area contributed by atoms with Crippen LogP contribution in [0.25, 0.3) is 0 Å². The van der Waals surface area contributed by atoms with Crippen molar-refractivity contribution in [3.63, 3.8) is 0 Å². The number of aromatic nitrogens is 2. The Morgan fingerprint density at radius 3 is 2.40 bits per heavy atom. The van der Waals surface area contributed by atoms with E-state index in [1.54, 1.807) is 0 Å². The molecule has 0 radical (unpaired) electrons. The average molecular weight is 341 g/mol. The lowest BCUT2D eigenvalue weighted by molar-refractivity contribution is -0.114. The quantitative estimate of drug-likeness (QED) is 0.756. The Balaban J connectivity index is 2.23. The minimum atomic E-state index is -0.0907. The molecule has 2 rings (SSSR count). The largest absolute Gasteiger partial charge is 0.341 e. The molecule has 0 saturated carbocycles. The fraction of sp³-hybridized carbons (Fsp3) is 0.421. The molecule has 0 fully saturated rings. The predicted molar refractivity (Wildman–Crippen MR) is 104 cm³/mol. The number of nitrogens with one attached hydrogen (secondary N) is 2. The van der Waals surface area contributed by atoms with Crippen LogP contribution in [-0.2, 0) is 4.79 Å². The van der Waals surface area contributed by atoms with Gasteiger partial charge in [-0.15, -0.1) is 0 Å². The summed E-state index contributed by atoms with van der Waals surface area (Å²) in [5, 5.41) is 6.09. The molecule has 0 bridgehead atoms. The number of nitrogens with zero attached hydrogens (tertiary/aromatic N) is 3. The van der Waals surface area contributed by atoms with E-state index in [4.69, 9.17) is 0 Å². The second kappa shape index (κ2) is 9.01. The van der Waals surface area contributed by atoms with Gasteiger partial charge in [-0.1, -0.05) is 19.9 Å². The Morgan fingerprint density at radius 2 is 1.76 bits per heavy atom. The van der Waals surface area contributed by atoms with Gasteiger partial charge in [-0.3, -0.25) is 4.79 Å². The maximum Gasteiger partial charge on any atom is 0.227 e. The number of amides is 1. The van der Waals surface area contributed by atoms with E-state index < -0.39 is 0 Å². The molecule has 0 saturated heterocycles. The van der Waals surface area contributed by atoms with Gasteiger partial charge in [0.25, 0.3) is 0 Å². The summed E-state index contributed by atoms with van der Waals surface area (Å²) in [6.45, 7) is 9.66. The van der Waals surface area contributed by atoms with Crippen LogP contribution in [0.2, 0.25) is 0 Å². The van der Waals surface area contributed by atoms with Crippen LogP contribution in [0.1, 0.15) is 39.3 Å². The van der Waals surface area contributed by atoms with Crippen LogP contribution in [0, 0.1) is 6.92 Å². The summed E-state index contributed by atoms with van der Waals surface area (Å²) < 4.78 is 0. The first-order valence-corrected chi connectivity index (χ1v) is 8.77. The number of hydrogen-bond acceptors (Lipinski definition) is 5. The molecule has 0 aliphatic carbocycles. The lowest BCUT2D eigenvalue weighted by atomic mass is 10.2. The summed E-state index contributed by atoms with van der Waals surface area (Å²) in [7, 11) is 0. The number of hydrogen-bond donors (Lipinski definition) is 2. The number of anilines is 4. The Labute approximate surface area is 149 Å². The topological polar surface area (TPSA) is 70.2 Å². The van der Waals surface area contributed by atoms with E-state index in [9.17, 15) is 4.79 Å². The fourth-order valence-corrected chi connectivity index (χ4v) is 2.64. The summed E-state index contributed by atoms with van der Waals surface area (Å²) >= 11 is 0. The lowest BCUT2D eigenvalue weighted by Crippen LogP contribution is -2.27. The Bertz CT molecular complexity index is 711. The maximum absolute atomic E-state index is 11.2. The van der Waals surface area contributed by atoms with Gasteiger partial charge in [-0.25, -0.2) is 4.98 Å². The van der Waals surface area contributed by atoms with Crippen molar-refractivity contribution in [3.8, 4) is 0 Å². The molecule has 0 spiro atoms. The molecule has 6 heteroatoms. The van der Waals surface area contributed by atoms with E-state index in [2.05, 4.69) is 39.3 Å². The van der Waals surface area contributed by atoms with Crippen LogP contribution < -0.4 is 15.5 Å². The minimum absolute atomic E-state index is 0.0907. The molecular formula is C19H27N5O. The molecule has 1 aromatic heterocycles. The lowest BCUT2D eigenvalue weighted by Gasteiger charge is -2.22. The molecule has 0 aliphatic heterocycles. The number of aryl methyl sites for hydroxylation is 1. The van der Waals surface area contributed by atoms with Crippen molar-refractivity contribution in [2.24, 2.45) is 0 Å². The van der Waals surface area contributed by atoms with Gasteiger partial charge in [-0.05, 0) is 38.0 Å². The zero-order chi connectivity index (χ0) is 18.2. The maximum atomic E-state index is 11.2. The monoisotopic (exact) mass is 341 g/mol. The Hall–Kier alpha value is -2.63. The average Bonchev–Trinajstić information content (AvgIpc) is 2.54. The van der Waals surface area contributed by atoms with Crippen LogP contribution in [0.3, 0.4) is 0 Å². The SMILES string of the molecule is CCCN(CCC)c1nc(C)cc(Nc2cccc(NC(C)=O)c2)n1. The van der Waals surface area contributed by atoms with Crippen molar-refractivity contribution >= 4 is 29.0 Å². The molecule has 25 heavy (non-hydrogen) atoms. The summed E-state index contributed by atoms with van der Waals surface area (Å²) in [4.78, 5) is 22.7. The molecule has 134 valence electrons. The van der Waals surface area contributed by atoms with Crippen molar-refractivity contribution in [1.29, 1.82) is 0 Å². The normalized spacial score (nSPS) is 10.4. The van der Waals surface area contributed by atoms with Gasteiger partial charge in [0.2, 0.25) is 11.9 Å². The fourth-order valence-electron chi connectivity index (χ4n) is 2.64. The zero-order valence-electron chi connectivity index (χ0n) is 15.5. The summed E-state index contributed by atoms with van der Waals surface area (Å²) in [5.41, 5.74) is 2.54. The van der Waals surface area contributed by atoms with Crippen LogP contribution in [-0.4, -0.2) is 29.0 Å². The molecule has 0 unspecified atom stereocenters. The van der Waals surface area contributed by atoms with E-state index in [-0.39, 0.29) is 5.91 Å². The van der Waals surface area contributed by atoms with Gasteiger partial charge >= 0.3 is 0 Å². The van der Waals surface area contributed by atoms with Crippen LogP contribution in [0.15, 0.2) is 30.3 Å². The molecule has 2 aromatic rings. The van der Waals surface area contributed by atoms with E-state index in [1.165, 1.54) is 6.92 Å². The number of benzene rings is 1. The van der Waals surface area contributed by atoms with Crippen LogP contribution in [0.5, 0.6) is 0 Å². The van der Waals surface area contributed by atoms with Gasteiger partial charge in [0, 0.05) is 43.1 Å². The highest BCUT2D eigenvalue weighted by molar-refractivity contribution is 5.89. The van der Waals surface area contributed by atoms with E-state index >= 15 is 0 Å². The second-order valence-corrected chi connectivity index (χ2v) is 6.07. The van der Waals surface area contributed by atoms with E-state index in [0.29, 0.717) is 0 Å². The number of carbonyl (C=O) groups is 1. The van der Waals surface area contributed by atoms with E-state index in [0.717, 1.165) is 54.8 Å². The highest BCUT2D eigenvalue weighted by atomic mass is 16.1. The number of rotatable bonds is 8. The molecule has 2 N–H and O–H groups in total. The van der Waals surface area contributed by atoms with Gasteiger partial charge in [0.1, 0.15) is 5.82 Å². The molecule has 0 atom stereocenters. The Kier molecular flexibility index (Phi) is 6.74. The summed E-state index contributed by atoms with van der Waals surface area (Å²) in [5.74, 6) is 1.41. The standard InChI is InChI=1S/C19H27N5O/c1-5-10-24(11-6-2)19-20-14(3)12-18(23-19)22-17-9-7-8-16(13-17)21-15(4)25/h7-9,12-13H,5-6,10-11H2,1-4H3,(H,21,25)(H,20,22,23). The van der Waals surface area contributed by atoms with Crippen molar-refractivity contribution in [2.45, 2.75) is 40.5 Å². The van der Waals surface area contributed by atoms with Crippen molar-refractivity contribution in [1.82, 2.24) is 9.97 Å². The minimum Gasteiger partial charge on any atom is -0.341 e. The third-order valence-corrected chi connectivity index (χ3v) is 3.57. The Morgan fingerprint density at radius 1 is 1.08 bits per heavy atom. The van der Waals surface area contributed by atoms with Crippen molar-refractivity contribution in [2.75, 3.05) is 28.6 Å². The second-order valence-electron chi connectivity index (χ2n) is 6.07. The van der Waals surface area contributed by atoms with E-state index in [1.807, 2.05) is 37.3 Å². The van der Waals surface area contributed by atoms with Crippen LogP contribution in [0.4, 0.5) is 23.1 Å². The molecule has 1 heterocycles. The highest BCUT2D eigenvalue weighted by Gasteiger charge is 2.10. The van der Waals surface area contributed by atoms with Gasteiger partial charge in [0.05, 0.1) is 0 Å². The first kappa shape index (κ1) is 18.7. The number of carbonyl (C=O) groups excluding carboxylic acids is 1. The highest BCUT2D eigenvalue weighted by Crippen LogP contribution is 2.21. The van der Waals surface area contributed by atoms with Gasteiger partial charge < -0.3 is 15.5 Å². The molecule has 0 aliphatic rings. The van der Waals surface area contributed by atoms with Gasteiger partial charge in [0.15, 0.2) is 0 Å². The smallest absolute Gasteiger partial charge is 0.227 e. The predicted octanol–water partition coefficient (Wildman–Crippen LogP) is 4.11.